The molecule has 10 heavy (non-hydrogen) atoms. The summed E-state index contributed by atoms with van der Waals surface area (Å²) in [6, 6.07) is 1.44. The van der Waals surface area contributed by atoms with E-state index in [0.29, 0.717) is 6.04 Å². The molecule has 0 bridgehead atoms. The summed E-state index contributed by atoms with van der Waals surface area (Å²) >= 11 is 0. The summed E-state index contributed by atoms with van der Waals surface area (Å²) in [5, 5.41) is 0. The second-order valence-electron chi connectivity index (χ2n) is 3.18. The first-order valence-electron chi connectivity index (χ1n) is 4.39. The molecular weight excluding hydrogens is 122 g/mol. The van der Waals surface area contributed by atoms with Crippen LogP contribution in [0.5, 0.6) is 0 Å². The van der Waals surface area contributed by atoms with Gasteiger partial charge in [-0.3, -0.25) is 4.90 Å². The molecule has 0 rings (SSSR count). The van der Waals surface area contributed by atoms with E-state index in [0.717, 1.165) is 6.04 Å². The molecule has 0 aromatic heterocycles. The highest BCUT2D eigenvalue weighted by atomic mass is 15.2. The van der Waals surface area contributed by atoms with Crippen LogP contribution < -0.4 is 0 Å². The summed E-state index contributed by atoms with van der Waals surface area (Å²) in [6.45, 7) is 12.5. The summed E-state index contributed by atoms with van der Waals surface area (Å²) in [5.74, 6) is 0. The molecule has 0 aliphatic heterocycles. The Morgan fingerprint density at radius 3 is 1.70 bits per heavy atom. The van der Waals surface area contributed by atoms with Crippen molar-refractivity contribution in [2.45, 2.75) is 53.1 Å². The highest BCUT2D eigenvalue weighted by Crippen LogP contribution is 2.06. The first-order chi connectivity index (χ1) is 4.63. The Morgan fingerprint density at radius 1 is 1.10 bits per heavy atom. The zero-order valence-corrected chi connectivity index (χ0v) is 8.02. The maximum Gasteiger partial charge on any atom is 0.00668 e. The van der Waals surface area contributed by atoms with Crippen molar-refractivity contribution in [3.8, 4) is 0 Å². The highest BCUT2D eigenvalue weighted by molar-refractivity contribution is 4.67. The van der Waals surface area contributed by atoms with Crippen LogP contribution in [-0.2, 0) is 0 Å². The molecule has 1 heteroatoms. The smallest absolute Gasteiger partial charge is 0.00668 e. The minimum absolute atomic E-state index is 0.694. The molecule has 0 radical (unpaired) electrons. The predicted octanol–water partition coefficient (Wildman–Crippen LogP) is 2.52. The molecule has 0 N–H and O–H groups in total. The van der Waals surface area contributed by atoms with Crippen LogP contribution >= 0.6 is 0 Å². The fourth-order valence-corrected chi connectivity index (χ4v) is 1.42. The Hall–Kier alpha value is -0.0400. The molecule has 0 saturated heterocycles. The van der Waals surface area contributed by atoms with Gasteiger partial charge in [-0.25, -0.2) is 0 Å². The van der Waals surface area contributed by atoms with Crippen LogP contribution in [0.25, 0.3) is 0 Å². The Balaban J connectivity index is 3.80. The molecule has 0 heterocycles. The number of nitrogens with zero attached hydrogens (tertiary/aromatic N) is 1. The van der Waals surface area contributed by atoms with Gasteiger partial charge >= 0.3 is 0 Å². The molecule has 0 aromatic rings. The summed E-state index contributed by atoms with van der Waals surface area (Å²) in [5.41, 5.74) is 0. The first kappa shape index (κ1) is 9.96. The lowest BCUT2D eigenvalue weighted by Crippen LogP contribution is -2.37. The van der Waals surface area contributed by atoms with Gasteiger partial charge in [0.25, 0.3) is 0 Å². The quantitative estimate of drug-likeness (QED) is 0.584. The predicted molar refractivity (Wildman–Crippen MR) is 47.3 cm³/mol. The van der Waals surface area contributed by atoms with Crippen molar-refractivity contribution in [1.29, 1.82) is 0 Å². The molecule has 0 fully saturated rings. The lowest BCUT2D eigenvalue weighted by Gasteiger charge is -2.30. The molecule has 0 unspecified atom stereocenters. The molecule has 0 amide bonds. The summed E-state index contributed by atoms with van der Waals surface area (Å²) in [4.78, 5) is 2.51. The van der Waals surface area contributed by atoms with E-state index >= 15 is 0 Å². The number of hydrogen-bond acceptors (Lipinski definition) is 1. The van der Waals surface area contributed by atoms with Gasteiger partial charge in [-0.05, 0) is 33.7 Å². The Bertz CT molecular complexity index is 78.8. The maximum absolute atomic E-state index is 2.51. The van der Waals surface area contributed by atoms with Crippen molar-refractivity contribution < 1.29 is 0 Å². The normalized spacial score (nSPS) is 14.7. The molecule has 0 saturated carbocycles. The maximum atomic E-state index is 2.51. The fraction of sp³-hybridized carbons (Fsp3) is 1.00. The molecular formula is C9H21N. The summed E-state index contributed by atoms with van der Waals surface area (Å²) in [7, 11) is 0. The zero-order chi connectivity index (χ0) is 8.15. The Kier molecular flexibility index (Phi) is 4.71. The van der Waals surface area contributed by atoms with Crippen LogP contribution in [-0.4, -0.2) is 23.5 Å². The molecule has 0 aliphatic rings. The molecule has 1 nitrogen and oxygen atoms in total. The van der Waals surface area contributed by atoms with E-state index in [2.05, 4.69) is 39.5 Å². The zero-order valence-electron chi connectivity index (χ0n) is 8.02. The standard InChI is InChI=1S/C9H21N/c1-6-9(5)10(7-2)8(3)4/h8-9H,6-7H2,1-5H3/t9-/m0/s1. The highest BCUT2D eigenvalue weighted by Gasteiger charge is 2.11. The van der Waals surface area contributed by atoms with Gasteiger partial charge in [0.2, 0.25) is 0 Å². The molecule has 1 atom stereocenters. The van der Waals surface area contributed by atoms with Gasteiger partial charge in [0.05, 0.1) is 0 Å². The number of rotatable bonds is 4. The van der Waals surface area contributed by atoms with Crippen molar-refractivity contribution >= 4 is 0 Å². The van der Waals surface area contributed by atoms with E-state index in [1.807, 2.05) is 0 Å². The van der Waals surface area contributed by atoms with E-state index in [1.165, 1.54) is 13.0 Å². The first-order valence-corrected chi connectivity index (χ1v) is 4.39. The average molecular weight is 143 g/mol. The molecule has 0 aromatic carbocycles. The Morgan fingerprint density at radius 2 is 1.60 bits per heavy atom. The van der Waals surface area contributed by atoms with Crippen molar-refractivity contribution in [3.05, 3.63) is 0 Å². The van der Waals surface area contributed by atoms with E-state index in [4.69, 9.17) is 0 Å². The largest absolute Gasteiger partial charge is 0.299 e. The van der Waals surface area contributed by atoms with Gasteiger partial charge in [0.15, 0.2) is 0 Å². The molecule has 0 aliphatic carbocycles. The minimum atomic E-state index is 0.694. The fourth-order valence-electron chi connectivity index (χ4n) is 1.42. The van der Waals surface area contributed by atoms with Crippen molar-refractivity contribution in [2.24, 2.45) is 0 Å². The summed E-state index contributed by atoms with van der Waals surface area (Å²) < 4.78 is 0. The van der Waals surface area contributed by atoms with Crippen LogP contribution in [0.4, 0.5) is 0 Å². The third kappa shape index (κ3) is 2.70. The van der Waals surface area contributed by atoms with Crippen LogP contribution in [0.15, 0.2) is 0 Å². The van der Waals surface area contributed by atoms with Crippen LogP contribution in [0, 0.1) is 0 Å². The second-order valence-corrected chi connectivity index (χ2v) is 3.18. The van der Waals surface area contributed by atoms with Crippen molar-refractivity contribution in [2.75, 3.05) is 6.54 Å². The average Bonchev–Trinajstić information content (AvgIpc) is 1.88. The van der Waals surface area contributed by atoms with Gasteiger partial charge in [0.1, 0.15) is 0 Å². The minimum Gasteiger partial charge on any atom is -0.299 e. The van der Waals surface area contributed by atoms with Gasteiger partial charge in [-0.2, -0.15) is 0 Å². The molecule has 0 spiro atoms. The lowest BCUT2D eigenvalue weighted by atomic mass is 10.2. The topological polar surface area (TPSA) is 3.24 Å². The third-order valence-electron chi connectivity index (χ3n) is 2.19. The third-order valence-corrected chi connectivity index (χ3v) is 2.19. The van der Waals surface area contributed by atoms with Gasteiger partial charge in [0, 0.05) is 12.1 Å². The SMILES string of the molecule is CC[C@H](C)N(CC)C(C)C. The van der Waals surface area contributed by atoms with Crippen LogP contribution in [0.2, 0.25) is 0 Å². The summed E-state index contributed by atoms with van der Waals surface area (Å²) in [6.07, 6.45) is 1.26. The van der Waals surface area contributed by atoms with Gasteiger partial charge < -0.3 is 0 Å². The van der Waals surface area contributed by atoms with E-state index < -0.39 is 0 Å². The monoisotopic (exact) mass is 143 g/mol. The van der Waals surface area contributed by atoms with E-state index in [9.17, 15) is 0 Å². The molecule has 62 valence electrons. The number of hydrogen-bond donors (Lipinski definition) is 0. The van der Waals surface area contributed by atoms with Gasteiger partial charge in [-0.15, -0.1) is 0 Å². The van der Waals surface area contributed by atoms with Crippen molar-refractivity contribution in [1.82, 2.24) is 4.90 Å². The van der Waals surface area contributed by atoms with E-state index in [1.54, 1.807) is 0 Å². The van der Waals surface area contributed by atoms with Crippen LogP contribution in [0.3, 0.4) is 0 Å². The van der Waals surface area contributed by atoms with Crippen LogP contribution in [0.1, 0.15) is 41.0 Å². The second kappa shape index (κ2) is 4.73. The van der Waals surface area contributed by atoms with E-state index in [-0.39, 0.29) is 0 Å². The van der Waals surface area contributed by atoms with Crippen molar-refractivity contribution in [3.63, 3.8) is 0 Å². The Labute approximate surface area is 65.4 Å². The van der Waals surface area contributed by atoms with Gasteiger partial charge in [-0.1, -0.05) is 13.8 Å². The lowest BCUT2D eigenvalue weighted by molar-refractivity contribution is 0.169.